The average molecular weight is 676 g/mol. The number of fused-ring (bicyclic) bond motifs is 1. The van der Waals surface area contributed by atoms with E-state index in [0.717, 1.165) is 39.6 Å². The van der Waals surface area contributed by atoms with E-state index in [1.807, 2.05) is 58.2 Å². The molecule has 266 valence electrons. The molecule has 4 atom stereocenters. The summed E-state index contributed by atoms with van der Waals surface area (Å²) in [5, 5.41) is 14.0. The van der Waals surface area contributed by atoms with Crippen LogP contribution in [0, 0.1) is 31.6 Å². The van der Waals surface area contributed by atoms with Crippen molar-refractivity contribution in [1.82, 2.24) is 10.3 Å². The first-order valence-corrected chi connectivity index (χ1v) is 17.0. The second-order valence-electron chi connectivity index (χ2n) is 13.6. The van der Waals surface area contributed by atoms with Crippen LogP contribution in [0.4, 0.5) is 0 Å². The highest BCUT2D eigenvalue weighted by atomic mass is 16.3. The first-order chi connectivity index (χ1) is 23.2. The maximum Gasteiger partial charge on any atom is 0.224 e. The zero-order chi connectivity index (χ0) is 36.2. The zero-order valence-electron chi connectivity index (χ0n) is 29.1. The van der Waals surface area contributed by atoms with Gasteiger partial charge in [0.25, 0.3) is 0 Å². The van der Waals surface area contributed by atoms with Gasteiger partial charge in [-0.25, -0.2) is 0 Å². The van der Waals surface area contributed by atoms with Gasteiger partial charge in [-0.2, -0.15) is 0 Å². The number of primary amides is 1. The summed E-state index contributed by atoms with van der Waals surface area (Å²) in [4.78, 5) is 61.2. The van der Waals surface area contributed by atoms with E-state index in [4.69, 9.17) is 22.9 Å². The number of carbonyl (C=O) groups is 4. The summed E-state index contributed by atoms with van der Waals surface area (Å²) < 4.78 is 0. The Kier molecular flexibility index (Phi) is 14.4. The summed E-state index contributed by atoms with van der Waals surface area (Å²) in [7, 11) is 0. The fraction of sp³-hybridized carbons (Fsp3) is 0.486. The number of aromatic amines is 1. The highest BCUT2D eigenvalue weighted by Gasteiger charge is 2.32. The number of para-hydroxylation sites is 1. The highest BCUT2D eigenvalue weighted by molar-refractivity contribution is 5.95. The molecule has 12 nitrogen and oxygen atoms in total. The van der Waals surface area contributed by atoms with Crippen molar-refractivity contribution in [3.8, 4) is 5.75 Å². The lowest BCUT2D eigenvalue weighted by Gasteiger charge is -2.25. The van der Waals surface area contributed by atoms with E-state index in [-0.39, 0.29) is 49.0 Å². The molecular formula is C37H53N7O5. The molecule has 0 fully saturated rings. The third-order valence-corrected chi connectivity index (χ3v) is 9.08. The Labute approximate surface area is 288 Å². The number of aliphatic imine (C=N–C) groups is 1. The number of phenolic OH excluding ortho intramolecular Hbond substituents is 1. The number of nitrogens with one attached hydrogen (secondary N) is 2. The van der Waals surface area contributed by atoms with Crippen molar-refractivity contribution < 1.29 is 24.3 Å². The molecule has 0 radical (unpaired) electrons. The van der Waals surface area contributed by atoms with E-state index in [0.29, 0.717) is 31.7 Å². The third kappa shape index (κ3) is 11.7. The Hall–Kier alpha value is -4.71. The van der Waals surface area contributed by atoms with Gasteiger partial charge >= 0.3 is 0 Å². The number of ketones is 2. The van der Waals surface area contributed by atoms with Crippen molar-refractivity contribution in [3.05, 3.63) is 64.8 Å². The standard InChI is InChI=1S/C37H53N7O5/c1-21(2)11-12-24(35(39)48)18-34(47)32(17-26-20-43-31-10-6-5-8-28(26)31)44-36(49)25(16-29-22(3)14-27(45)15-23(29)4)19-33(46)30(38)9-7-13-42-37(40)41/h5-6,8,10,14-15,20-21,24-25,30,32,43,45H,7,9,11-13,16-19,38H2,1-4H3,(H2,39,48)(H,44,49)(H4,40,41,42)/t24-,25-,30-,32+/m1/s1. The minimum absolute atomic E-state index is 0.0462. The molecule has 2 amide bonds. The number of nitrogens with zero attached hydrogens (tertiary/aromatic N) is 1. The normalized spacial score (nSPS) is 13.8. The summed E-state index contributed by atoms with van der Waals surface area (Å²) in [6.45, 7) is 8.06. The smallest absolute Gasteiger partial charge is 0.224 e. The van der Waals surface area contributed by atoms with Crippen molar-refractivity contribution in [2.45, 2.75) is 91.1 Å². The molecule has 3 rings (SSSR count). The van der Waals surface area contributed by atoms with Crippen LogP contribution in [0.5, 0.6) is 5.75 Å². The maximum absolute atomic E-state index is 14.2. The van der Waals surface area contributed by atoms with Crippen LogP contribution in [0.25, 0.3) is 10.9 Å². The first-order valence-electron chi connectivity index (χ1n) is 17.0. The highest BCUT2D eigenvalue weighted by Crippen LogP contribution is 2.26. The first kappa shape index (κ1) is 38.7. The van der Waals surface area contributed by atoms with E-state index in [9.17, 15) is 24.3 Å². The lowest BCUT2D eigenvalue weighted by atomic mass is 9.86. The fourth-order valence-corrected chi connectivity index (χ4v) is 6.19. The number of carbonyl (C=O) groups excluding carboxylic acids is 4. The molecule has 12 heteroatoms. The van der Waals surface area contributed by atoms with E-state index in [1.54, 1.807) is 12.1 Å². The molecule has 0 spiro atoms. The molecule has 0 aliphatic carbocycles. The number of guanidine groups is 1. The van der Waals surface area contributed by atoms with Gasteiger partial charge in [0.05, 0.1) is 12.1 Å². The van der Waals surface area contributed by atoms with Gasteiger partial charge < -0.3 is 38.3 Å². The number of aromatic hydroxyl groups is 1. The van der Waals surface area contributed by atoms with Crippen molar-refractivity contribution in [3.63, 3.8) is 0 Å². The van der Waals surface area contributed by atoms with Crippen molar-refractivity contribution in [1.29, 1.82) is 0 Å². The number of nitrogens with two attached hydrogens (primary N) is 4. The number of benzene rings is 2. The largest absolute Gasteiger partial charge is 0.508 e. The zero-order valence-corrected chi connectivity index (χ0v) is 29.1. The van der Waals surface area contributed by atoms with Gasteiger partial charge in [0.1, 0.15) is 11.5 Å². The summed E-state index contributed by atoms with van der Waals surface area (Å²) in [5.41, 5.74) is 26.8. The molecule has 3 aromatic rings. The quantitative estimate of drug-likeness (QED) is 0.0532. The van der Waals surface area contributed by atoms with Crippen LogP contribution < -0.4 is 28.3 Å². The minimum atomic E-state index is -0.986. The number of H-pyrrole nitrogens is 1. The minimum Gasteiger partial charge on any atom is -0.508 e. The molecule has 0 aliphatic heterocycles. The SMILES string of the molecule is Cc1cc(O)cc(C)c1C[C@H](CC(=O)[C@H](N)CCCN=C(N)N)C(=O)N[C@@H](Cc1c[nH]c2ccccc12)C(=O)C[C@@H](CCC(C)C)C(N)=O. The van der Waals surface area contributed by atoms with Crippen LogP contribution in [-0.4, -0.2) is 58.1 Å². The molecule has 1 heterocycles. The summed E-state index contributed by atoms with van der Waals surface area (Å²) in [6.07, 6.45) is 3.88. The van der Waals surface area contributed by atoms with Crippen molar-refractivity contribution in [2.24, 2.45) is 45.7 Å². The van der Waals surface area contributed by atoms with E-state index < -0.39 is 35.7 Å². The van der Waals surface area contributed by atoms with Gasteiger partial charge in [0, 0.05) is 54.7 Å². The van der Waals surface area contributed by atoms with Crippen molar-refractivity contribution >= 4 is 40.2 Å². The molecule has 11 N–H and O–H groups in total. The number of amides is 2. The molecule has 0 saturated heterocycles. The topological polar surface area (TPSA) is 233 Å². The van der Waals surface area contributed by atoms with Gasteiger partial charge in [-0.15, -0.1) is 0 Å². The van der Waals surface area contributed by atoms with Crippen LogP contribution in [-0.2, 0) is 32.0 Å². The summed E-state index contributed by atoms with van der Waals surface area (Å²) in [6, 6.07) is 9.05. The molecule has 2 aromatic carbocycles. The van der Waals surface area contributed by atoms with Crippen LogP contribution >= 0.6 is 0 Å². The predicted octanol–water partition coefficient (Wildman–Crippen LogP) is 3.21. The molecule has 0 bridgehead atoms. The maximum atomic E-state index is 14.2. The number of aromatic nitrogens is 1. The van der Waals surface area contributed by atoms with Crippen LogP contribution in [0.15, 0.2) is 47.6 Å². The lowest BCUT2D eigenvalue weighted by Crippen LogP contribution is -2.47. The molecule has 0 saturated carbocycles. The predicted molar refractivity (Wildman–Crippen MR) is 193 cm³/mol. The Bertz CT molecular complexity index is 1620. The second-order valence-corrected chi connectivity index (χ2v) is 13.6. The average Bonchev–Trinajstić information content (AvgIpc) is 3.43. The van der Waals surface area contributed by atoms with E-state index in [2.05, 4.69) is 15.3 Å². The number of Topliss-reactive ketones (excluding diaryl/α,β-unsaturated/α-hetero) is 2. The number of hydrogen-bond acceptors (Lipinski definition) is 7. The van der Waals surface area contributed by atoms with Gasteiger partial charge in [0.2, 0.25) is 11.8 Å². The molecular weight excluding hydrogens is 622 g/mol. The summed E-state index contributed by atoms with van der Waals surface area (Å²) in [5.74, 6) is -2.82. The number of phenols is 1. The molecule has 0 aliphatic rings. The molecule has 1 aromatic heterocycles. The number of hydrogen-bond donors (Lipinski definition) is 7. The van der Waals surface area contributed by atoms with E-state index >= 15 is 0 Å². The molecule has 0 unspecified atom stereocenters. The Balaban J connectivity index is 1.93. The molecule has 49 heavy (non-hydrogen) atoms. The Morgan fingerprint density at radius 1 is 0.898 bits per heavy atom. The summed E-state index contributed by atoms with van der Waals surface area (Å²) >= 11 is 0. The van der Waals surface area contributed by atoms with Gasteiger partial charge in [-0.05, 0) is 85.9 Å². The van der Waals surface area contributed by atoms with Crippen LogP contribution in [0.2, 0.25) is 0 Å². The fourth-order valence-electron chi connectivity index (χ4n) is 6.19. The second kappa shape index (κ2) is 18.2. The Morgan fingerprint density at radius 3 is 2.18 bits per heavy atom. The lowest BCUT2D eigenvalue weighted by molar-refractivity contribution is -0.133. The van der Waals surface area contributed by atoms with Gasteiger partial charge in [0.15, 0.2) is 11.7 Å². The number of aryl methyl sites for hydroxylation is 2. The Morgan fingerprint density at radius 2 is 1.55 bits per heavy atom. The van der Waals surface area contributed by atoms with Crippen molar-refractivity contribution in [2.75, 3.05) is 6.54 Å². The van der Waals surface area contributed by atoms with Gasteiger partial charge in [-0.1, -0.05) is 38.5 Å². The monoisotopic (exact) mass is 675 g/mol. The van der Waals surface area contributed by atoms with E-state index in [1.165, 1.54) is 0 Å². The van der Waals surface area contributed by atoms with Crippen LogP contribution in [0.3, 0.4) is 0 Å². The third-order valence-electron chi connectivity index (χ3n) is 9.08. The van der Waals surface area contributed by atoms with Gasteiger partial charge in [-0.3, -0.25) is 24.2 Å². The number of rotatable bonds is 20. The van der Waals surface area contributed by atoms with Crippen LogP contribution in [0.1, 0.15) is 74.6 Å².